The summed E-state index contributed by atoms with van der Waals surface area (Å²) in [4.78, 5) is 0. The fourth-order valence-corrected chi connectivity index (χ4v) is 0.743. The van der Waals surface area contributed by atoms with Crippen molar-refractivity contribution in [3.8, 4) is 0 Å². The monoisotopic (exact) mass is 192 g/mol. The van der Waals surface area contributed by atoms with Gasteiger partial charge in [0.05, 0.1) is 0 Å². The Kier molecular flexibility index (Phi) is 18.8. The average molecular weight is 192 g/mol. The van der Waals surface area contributed by atoms with Crippen LogP contribution >= 0.6 is 0 Å². The Balaban J connectivity index is -0.000000284. The molecule has 1 aromatic carbocycles. The van der Waals surface area contributed by atoms with Gasteiger partial charge in [-0.25, -0.2) is 0 Å². The maximum absolute atomic E-state index is 3.59. The Morgan fingerprint density at radius 3 is 1.93 bits per heavy atom. The largest absolute Gasteiger partial charge is 0.0991 e. The lowest BCUT2D eigenvalue weighted by atomic mass is 10.2. The van der Waals surface area contributed by atoms with Crippen LogP contribution in [-0.2, 0) is 0 Å². The topological polar surface area (TPSA) is 0 Å². The second-order valence-corrected chi connectivity index (χ2v) is 2.01. The van der Waals surface area contributed by atoms with Crippen LogP contribution in [0, 0.1) is 0 Å². The molecule has 0 aliphatic heterocycles. The van der Waals surface area contributed by atoms with Gasteiger partial charge < -0.3 is 0 Å². The maximum Gasteiger partial charge on any atom is -0.0257 e. The normalized spacial score (nSPS) is 7.57. The number of benzene rings is 1. The van der Waals surface area contributed by atoms with Crippen molar-refractivity contribution >= 4 is 6.08 Å². The van der Waals surface area contributed by atoms with Crippen LogP contribution in [0.25, 0.3) is 6.08 Å². The molecule has 0 nitrogen and oxygen atoms in total. The third-order valence-corrected chi connectivity index (χ3v) is 1.22. The van der Waals surface area contributed by atoms with Gasteiger partial charge in [0.1, 0.15) is 0 Å². The van der Waals surface area contributed by atoms with Crippen molar-refractivity contribution in [1.82, 2.24) is 0 Å². The molecular weight excluding hydrogens is 168 g/mol. The van der Waals surface area contributed by atoms with Crippen LogP contribution in [0.5, 0.6) is 0 Å². The van der Waals surface area contributed by atoms with Gasteiger partial charge in [0.25, 0.3) is 0 Å². The minimum absolute atomic E-state index is 0. The van der Waals surface area contributed by atoms with Crippen molar-refractivity contribution in [3.05, 3.63) is 54.6 Å². The van der Waals surface area contributed by atoms with Gasteiger partial charge in [0.2, 0.25) is 0 Å². The van der Waals surface area contributed by atoms with Crippen molar-refractivity contribution in [3.63, 3.8) is 0 Å². The summed E-state index contributed by atoms with van der Waals surface area (Å²) >= 11 is 0. The molecule has 1 aromatic rings. The molecule has 1 rings (SSSR count). The van der Waals surface area contributed by atoms with Gasteiger partial charge in [-0.05, 0) is 5.56 Å². The van der Waals surface area contributed by atoms with Crippen molar-refractivity contribution in [2.75, 3.05) is 0 Å². The van der Waals surface area contributed by atoms with E-state index in [2.05, 4.69) is 18.7 Å². The predicted molar refractivity (Wildman–Crippen MR) is 70.5 cm³/mol. The summed E-state index contributed by atoms with van der Waals surface area (Å²) in [6, 6.07) is 10.1. The van der Waals surface area contributed by atoms with Crippen LogP contribution in [0.15, 0.2) is 49.1 Å². The molecule has 14 heavy (non-hydrogen) atoms. The second-order valence-electron chi connectivity index (χ2n) is 2.01. The van der Waals surface area contributed by atoms with E-state index in [1.807, 2.05) is 44.2 Å². The van der Waals surface area contributed by atoms with Gasteiger partial charge in [-0.15, -0.1) is 0 Å². The van der Waals surface area contributed by atoms with Gasteiger partial charge in [-0.3, -0.25) is 0 Å². The van der Waals surface area contributed by atoms with E-state index in [1.165, 1.54) is 5.56 Å². The van der Waals surface area contributed by atoms with E-state index in [0.29, 0.717) is 0 Å². The van der Waals surface area contributed by atoms with E-state index < -0.39 is 0 Å². The van der Waals surface area contributed by atoms with Gasteiger partial charge in [-0.2, -0.15) is 0 Å². The molecule has 0 atom stereocenters. The minimum atomic E-state index is 0. The Hall–Kier alpha value is -1.30. The Morgan fingerprint density at radius 2 is 1.50 bits per heavy atom. The quantitative estimate of drug-likeness (QED) is 0.566. The zero-order chi connectivity index (χ0) is 9.23. The number of rotatable bonds is 2. The SMILES string of the molecule is C.C.C=CC=Cc1ccccc1.CC. The van der Waals surface area contributed by atoms with Crippen LogP contribution in [0.4, 0.5) is 0 Å². The highest BCUT2D eigenvalue weighted by Crippen LogP contribution is 1.99. The third kappa shape index (κ3) is 8.79. The zero-order valence-corrected chi connectivity index (χ0v) is 7.83. The maximum atomic E-state index is 3.59. The molecule has 0 heteroatoms. The third-order valence-electron chi connectivity index (χ3n) is 1.22. The first-order chi connectivity index (χ1) is 5.93. The summed E-state index contributed by atoms with van der Waals surface area (Å²) in [5.41, 5.74) is 1.21. The van der Waals surface area contributed by atoms with Crippen molar-refractivity contribution in [1.29, 1.82) is 0 Å². The fraction of sp³-hybridized carbons (Fsp3) is 0.286. The molecule has 0 aliphatic rings. The predicted octanol–water partition coefficient (Wildman–Crippen LogP) is 5.18. The zero-order valence-electron chi connectivity index (χ0n) is 7.83. The van der Waals surface area contributed by atoms with Crippen LogP contribution in [-0.4, -0.2) is 0 Å². The van der Waals surface area contributed by atoms with Gasteiger partial charge in [0, 0.05) is 0 Å². The molecule has 0 N–H and O–H groups in total. The summed E-state index contributed by atoms with van der Waals surface area (Å²) in [7, 11) is 0. The molecule has 0 saturated heterocycles. The lowest BCUT2D eigenvalue weighted by molar-refractivity contribution is 1.50. The Labute approximate surface area is 90.0 Å². The van der Waals surface area contributed by atoms with E-state index in [-0.39, 0.29) is 14.9 Å². The average Bonchev–Trinajstić information content (AvgIpc) is 2.19. The fourth-order valence-electron chi connectivity index (χ4n) is 0.743. The standard InChI is InChI=1S/C10H10.C2H6.2CH4/c1-2-3-7-10-8-5-4-6-9-10;1-2;;/h2-9H,1H2;1-2H3;2*1H4. The molecule has 0 heterocycles. The molecule has 0 amide bonds. The Bertz CT molecular complexity index is 219. The highest BCUT2D eigenvalue weighted by atomic mass is 13.8. The number of hydrogen-bond acceptors (Lipinski definition) is 0. The molecule has 0 aromatic heterocycles. The van der Waals surface area contributed by atoms with E-state index in [1.54, 1.807) is 6.08 Å². The minimum Gasteiger partial charge on any atom is -0.0991 e. The lowest BCUT2D eigenvalue weighted by Gasteiger charge is -1.87. The van der Waals surface area contributed by atoms with Gasteiger partial charge >= 0.3 is 0 Å². The highest BCUT2D eigenvalue weighted by molar-refractivity contribution is 5.50. The smallest absolute Gasteiger partial charge is 0.0257 e. The first kappa shape index (κ1) is 18.5. The van der Waals surface area contributed by atoms with Crippen LogP contribution in [0.2, 0.25) is 0 Å². The summed E-state index contributed by atoms with van der Waals surface area (Å²) in [5, 5.41) is 0. The van der Waals surface area contributed by atoms with E-state index in [4.69, 9.17) is 0 Å². The van der Waals surface area contributed by atoms with Gasteiger partial charge in [0.15, 0.2) is 0 Å². The number of hydrogen-bond donors (Lipinski definition) is 0. The van der Waals surface area contributed by atoms with Gasteiger partial charge in [-0.1, -0.05) is 83.8 Å². The van der Waals surface area contributed by atoms with E-state index in [9.17, 15) is 0 Å². The molecule has 0 radical (unpaired) electrons. The summed E-state index contributed by atoms with van der Waals surface area (Å²) < 4.78 is 0. The van der Waals surface area contributed by atoms with Crippen LogP contribution < -0.4 is 0 Å². The van der Waals surface area contributed by atoms with Crippen molar-refractivity contribution in [2.24, 2.45) is 0 Å². The molecule has 0 bridgehead atoms. The number of allylic oxidation sites excluding steroid dienone is 2. The summed E-state index contributed by atoms with van der Waals surface area (Å²) in [5.74, 6) is 0. The summed E-state index contributed by atoms with van der Waals surface area (Å²) in [6.45, 7) is 7.59. The molecule has 0 spiro atoms. The van der Waals surface area contributed by atoms with Crippen LogP contribution in [0.3, 0.4) is 0 Å². The van der Waals surface area contributed by atoms with Crippen LogP contribution in [0.1, 0.15) is 34.3 Å². The first-order valence-corrected chi connectivity index (χ1v) is 4.27. The molecule has 0 saturated carbocycles. The lowest BCUT2D eigenvalue weighted by Crippen LogP contribution is -1.65. The van der Waals surface area contributed by atoms with E-state index in [0.717, 1.165) is 0 Å². The molecule has 0 aliphatic carbocycles. The summed E-state index contributed by atoms with van der Waals surface area (Å²) in [6.07, 6.45) is 5.72. The first-order valence-electron chi connectivity index (χ1n) is 4.27. The second kappa shape index (κ2) is 14.2. The molecule has 80 valence electrons. The Morgan fingerprint density at radius 1 is 1.00 bits per heavy atom. The molecular formula is C14H24. The molecule has 0 fully saturated rings. The van der Waals surface area contributed by atoms with Crippen molar-refractivity contribution in [2.45, 2.75) is 28.7 Å². The van der Waals surface area contributed by atoms with E-state index >= 15 is 0 Å². The highest BCUT2D eigenvalue weighted by Gasteiger charge is 1.78. The molecule has 0 unspecified atom stereocenters. The van der Waals surface area contributed by atoms with Crippen molar-refractivity contribution < 1.29 is 0 Å².